The van der Waals surface area contributed by atoms with Gasteiger partial charge < -0.3 is 16.4 Å². The SMILES string of the molecule is CSCC[C@@H](NC(N)=O)C(=O)NCc1c(C)nn(Cc2ccccc2)c1C. The third kappa shape index (κ3) is 6.02. The molecule has 3 amide bonds. The van der Waals surface area contributed by atoms with Gasteiger partial charge in [-0.25, -0.2) is 4.79 Å². The standard InChI is InChI=1S/C19H27N5O2S/c1-13-16(11-21-18(25)17(9-10-27-3)22-19(20)26)14(2)24(23-13)12-15-7-5-4-6-8-15/h4-8,17H,9-12H2,1-3H3,(H,21,25)(H3,20,22,26)/t17-/m1/s1. The summed E-state index contributed by atoms with van der Waals surface area (Å²) in [6.07, 6.45) is 2.48. The quantitative estimate of drug-likeness (QED) is 0.610. The number of benzene rings is 1. The summed E-state index contributed by atoms with van der Waals surface area (Å²) < 4.78 is 1.94. The van der Waals surface area contributed by atoms with E-state index in [2.05, 4.69) is 27.9 Å². The number of nitrogens with two attached hydrogens (primary N) is 1. The van der Waals surface area contributed by atoms with Crippen LogP contribution in [0.3, 0.4) is 0 Å². The predicted molar refractivity (Wildman–Crippen MR) is 109 cm³/mol. The van der Waals surface area contributed by atoms with Gasteiger partial charge in [0.05, 0.1) is 12.2 Å². The van der Waals surface area contributed by atoms with E-state index in [1.54, 1.807) is 11.8 Å². The summed E-state index contributed by atoms with van der Waals surface area (Å²) in [6.45, 7) is 4.97. The lowest BCUT2D eigenvalue weighted by molar-refractivity contribution is -0.123. The van der Waals surface area contributed by atoms with Crippen molar-refractivity contribution in [1.82, 2.24) is 20.4 Å². The van der Waals surface area contributed by atoms with Crippen molar-refractivity contribution in [2.75, 3.05) is 12.0 Å². The van der Waals surface area contributed by atoms with Crippen LogP contribution in [0.15, 0.2) is 30.3 Å². The number of urea groups is 1. The first-order chi connectivity index (χ1) is 12.9. The van der Waals surface area contributed by atoms with Gasteiger partial charge >= 0.3 is 6.03 Å². The normalized spacial score (nSPS) is 11.8. The summed E-state index contributed by atoms with van der Waals surface area (Å²) in [6, 6.07) is 8.78. The van der Waals surface area contributed by atoms with Crippen LogP contribution in [-0.4, -0.2) is 39.8 Å². The van der Waals surface area contributed by atoms with Crippen molar-refractivity contribution >= 4 is 23.7 Å². The molecule has 0 bridgehead atoms. The number of hydrogen-bond acceptors (Lipinski definition) is 4. The molecule has 8 heteroatoms. The molecular formula is C19H27N5O2S. The van der Waals surface area contributed by atoms with Gasteiger partial charge in [-0.1, -0.05) is 30.3 Å². The smallest absolute Gasteiger partial charge is 0.312 e. The molecule has 0 aliphatic heterocycles. The highest BCUT2D eigenvalue weighted by Crippen LogP contribution is 2.15. The molecule has 2 aromatic rings. The topological polar surface area (TPSA) is 102 Å². The molecule has 27 heavy (non-hydrogen) atoms. The summed E-state index contributed by atoms with van der Waals surface area (Å²) in [5.74, 6) is 0.517. The molecule has 1 aromatic carbocycles. The van der Waals surface area contributed by atoms with Crippen LogP contribution in [0, 0.1) is 13.8 Å². The number of thioether (sulfide) groups is 1. The number of nitrogens with one attached hydrogen (secondary N) is 2. The van der Waals surface area contributed by atoms with E-state index in [0.717, 1.165) is 22.7 Å². The molecule has 0 aliphatic rings. The fourth-order valence-corrected chi connectivity index (χ4v) is 3.35. The van der Waals surface area contributed by atoms with Crippen molar-refractivity contribution in [1.29, 1.82) is 0 Å². The van der Waals surface area contributed by atoms with Crippen LogP contribution in [0.4, 0.5) is 4.79 Å². The molecule has 0 saturated heterocycles. The average molecular weight is 390 g/mol. The third-order valence-electron chi connectivity index (χ3n) is 4.39. The number of nitrogens with zero attached hydrogens (tertiary/aromatic N) is 2. The van der Waals surface area contributed by atoms with Crippen molar-refractivity contribution < 1.29 is 9.59 Å². The van der Waals surface area contributed by atoms with Gasteiger partial charge in [-0.2, -0.15) is 16.9 Å². The highest BCUT2D eigenvalue weighted by Gasteiger charge is 2.20. The van der Waals surface area contributed by atoms with Gasteiger partial charge in [-0.05, 0) is 37.8 Å². The first-order valence-electron chi connectivity index (χ1n) is 8.81. The Hall–Kier alpha value is -2.48. The molecule has 4 N–H and O–H groups in total. The Balaban J connectivity index is 2.04. The van der Waals surface area contributed by atoms with Crippen LogP contribution < -0.4 is 16.4 Å². The van der Waals surface area contributed by atoms with Gasteiger partial charge in [-0.15, -0.1) is 0 Å². The van der Waals surface area contributed by atoms with Crippen molar-refractivity contribution in [2.24, 2.45) is 5.73 Å². The minimum absolute atomic E-state index is 0.238. The average Bonchev–Trinajstić information content (AvgIpc) is 2.90. The minimum atomic E-state index is -0.695. The van der Waals surface area contributed by atoms with E-state index in [1.165, 1.54) is 5.56 Å². The van der Waals surface area contributed by atoms with Gasteiger partial charge in [0.25, 0.3) is 0 Å². The first kappa shape index (κ1) is 20.8. The van der Waals surface area contributed by atoms with Gasteiger partial charge in [0.2, 0.25) is 5.91 Å². The van der Waals surface area contributed by atoms with Crippen LogP contribution in [0.5, 0.6) is 0 Å². The molecule has 0 fully saturated rings. The summed E-state index contributed by atoms with van der Waals surface area (Å²) in [7, 11) is 0. The maximum Gasteiger partial charge on any atom is 0.312 e. The molecule has 2 rings (SSSR count). The zero-order chi connectivity index (χ0) is 19.8. The largest absolute Gasteiger partial charge is 0.352 e. The predicted octanol–water partition coefficient (Wildman–Crippen LogP) is 1.95. The van der Waals surface area contributed by atoms with Gasteiger partial charge in [0.1, 0.15) is 6.04 Å². The number of primary amides is 1. The van der Waals surface area contributed by atoms with Crippen LogP contribution in [0.2, 0.25) is 0 Å². The molecule has 0 saturated carbocycles. The molecule has 7 nitrogen and oxygen atoms in total. The van der Waals surface area contributed by atoms with Crippen LogP contribution in [0.1, 0.15) is 28.9 Å². The molecule has 1 aromatic heterocycles. The summed E-state index contributed by atoms with van der Waals surface area (Å²) in [4.78, 5) is 23.6. The molecule has 146 valence electrons. The van der Waals surface area contributed by atoms with E-state index in [-0.39, 0.29) is 5.91 Å². The molecule has 0 spiro atoms. The lowest BCUT2D eigenvalue weighted by Crippen LogP contribution is -2.48. The molecule has 0 aliphatic carbocycles. The zero-order valence-corrected chi connectivity index (χ0v) is 16.8. The van der Waals surface area contributed by atoms with Gasteiger partial charge in [0, 0.05) is 17.8 Å². The van der Waals surface area contributed by atoms with Gasteiger partial charge in [-0.3, -0.25) is 9.48 Å². The van der Waals surface area contributed by atoms with Crippen molar-refractivity contribution in [3.8, 4) is 0 Å². The first-order valence-corrected chi connectivity index (χ1v) is 10.2. The second kappa shape index (κ2) is 10.0. The number of amides is 3. The maximum absolute atomic E-state index is 12.5. The monoisotopic (exact) mass is 389 g/mol. The summed E-state index contributed by atoms with van der Waals surface area (Å²) >= 11 is 1.61. The van der Waals surface area contributed by atoms with Gasteiger partial charge in [0.15, 0.2) is 0 Å². The summed E-state index contributed by atoms with van der Waals surface area (Å²) in [5.41, 5.74) is 9.24. The minimum Gasteiger partial charge on any atom is -0.352 e. The Morgan fingerprint density at radius 3 is 2.59 bits per heavy atom. The Morgan fingerprint density at radius 1 is 1.26 bits per heavy atom. The number of carbonyl (C=O) groups is 2. The second-order valence-corrected chi connectivity index (χ2v) is 7.34. The highest BCUT2D eigenvalue weighted by molar-refractivity contribution is 7.98. The Morgan fingerprint density at radius 2 is 1.96 bits per heavy atom. The van der Waals surface area contributed by atoms with E-state index >= 15 is 0 Å². The van der Waals surface area contributed by atoms with E-state index < -0.39 is 12.1 Å². The van der Waals surface area contributed by atoms with E-state index in [0.29, 0.717) is 19.5 Å². The Labute approximate surface area is 164 Å². The van der Waals surface area contributed by atoms with Crippen LogP contribution >= 0.6 is 11.8 Å². The Bertz CT molecular complexity index is 776. The van der Waals surface area contributed by atoms with E-state index in [1.807, 2.05) is 43.0 Å². The number of hydrogen-bond donors (Lipinski definition) is 3. The van der Waals surface area contributed by atoms with Crippen molar-refractivity contribution in [2.45, 2.75) is 39.4 Å². The number of rotatable bonds is 9. The fourth-order valence-electron chi connectivity index (χ4n) is 2.88. The molecule has 0 unspecified atom stereocenters. The maximum atomic E-state index is 12.5. The lowest BCUT2D eigenvalue weighted by atomic mass is 10.1. The number of aromatic nitrogens is 2. The number of aryl methyl sites for hydroxylation is 1. The molecular weight excluding hydrogens is 362 g/mol. The fraction of sp³-hybridized carbons (Fsp3) is 0.421. The Kier molecular flexibility index (Phi) is 7.72. The van der Waals surface area contributed by atoms with Crippen LogP contribution in [0.25, 0.3) is 0 Å². The second-order valence-electron chi connectivity index (χ2n) is 6.35. The molecule has 1 heterocycles. The lowest BCUT2D eigenvalue weighted by Gasteiger charge is -2.17. The van der Waals surface area contributed by atoms with E-state index in [4.69, 9.17) is 5.73 Å². The summed E-state index contributed by atoms with van der Waals surface area (Å²) in [5, 5.41) is 10.0. The molecule has 1 atom stereocenters. The third-order valence-corrected chi connectivity index (χ3v) is 5.03. The van der Waals surface area contributed by atoms with Crippen molar-refractivity contribution in [3.05, 3.63) is 52.8 Å². The van der Waals surface area contributed by atoms with Crippen molar-refractivity contribution in [3.63, 3.8) is 0 Å². The zero-order valence-electron chi connectivity index (χ0n) is 16.0. The highest BCUT2D eigenvalue weighted by atomic mass is 32.2. The number of carbonyl (C=O) groups excluding carboxylic acids is 2. The van der Waals surface area contributed by atoms with Crippen LogP contribution in [-0.2, 0) is 17.9 Å². The molecule has 0 radical (unpaired) electrons. The van der Waals surface area contributed by atoms with E-state index in [9.17, 15) is 9.59 Å².